The third-order valence-corrected chi connectivity index (χ3v) is 1.42. The first-order valence-corrected chi connectivity index (χ1v) is 4.74. The maximum absolute atomic E-state index is 12.9. The number of esters is 1. The molecule has 4 nitrogen and oxygen atoms in total. The van der Waals surface area contributed by atoms with E-state index < -0.39 is 18.2 Å². The number of hydrogen-bond acceptors (Lipinski definition) is 4. The lowest BCUT2D eigenvalue weighted by atomic mass is 10.4. The van der Waals surface area contributed by atoms with Crippen LogP contribution in [-0.2, 0) is 19.0 Å². The molecular formula is C9H16F2O4. The molecule has 90 valence electrons. The van der Waals surface area contributed by atoms with Crippen molar-refractivity contribution >= 4 is 5.97 Å². The number of halogens is 2. The summed E-state index contributed by atoms with van der Waals surface area (Å²) >= 11 is 0. The summed E-state index contributed by atoms with van der Waals surface area (Å²) in [5.74, 6) is -1.67. The van der Waals surface area contributed by atoms with E-state index in [1.54, 1.807) is 6.92 Å². The number of rotatable bonds is 7. The summed E-state index contributed by atoms with van der Waals surface area (Å²) in [5.41, 5.74) is 0. The van der Waals surface area contributed by atoms with Crippen molar-refractivity contribution in [3.8, 4) is 0 Å². The fraction of sp³-hybridized carbons (Fsp3) is 0.889. The third-order valence-electron chi connectivity index (χ3n) is 1.42. The van der Waals surface area contributed by atoms with Gasteiger partial charge >= 0.3 is 12.1 Å². The van der Waals surface area contributed by atoms with Crippen LogP contribution < -0.4 is 0 Å². The van der Waals surface area contributed by atoms with Crippen molar-refractivity contribution in [3.05, 3.63) is 0 Å². The molecule has 0 fully saturated rings. The molecular weight excluding hydrogens is 210 g/mol. The van der Waals surface area contributed by atoms with Crippen molar-refractivity contribution in [2.75, 3.05) is 19.8 Å². The third kappa shape index (κ3) is 5.64. The van der Waals surface area contributed by atoms with Crippen molar-refractivity contribution in [2.24, 2.45) is 0 Å². The first-order chi connectivity index (χ1) is 6.94. The van der Waals surface area contributed by atoms with Gasteiger partial charge in [0, 0.05) is 6.61 Å². The summed E-state index contributed by atoms with van der Waals surface area (Å²) < 4.78 is 39.1. The van der Waals surface area contributed by atoms with Gasteiger partial charge in [0.05, 0.1) is 19.3 Å². The molecule has 0 aliphatic rings. The molecule has 6 heteroatoms. The zero-order valence-electron chi connectivity index (χ0n) is 9.09. The van der Waals surface area contributed by atoms with E-state index in [9.17, 15) is 13.6 Å². The van der Waals surface area contributed by atoms with E-state index in [0.29, 0.717) is 6.61 Å². The van der Waals surface area contributed by atoms with Gasteiger partial charge in [-0.3, -0.25) is 0 Å². The molecule has 1 atom stereocenters. The van der Waals surface area contributed by atoms with Crippen molar-refractivity contribution in [2.45, 2.75) is 33.0 Å². The number of carbonyl (C=O) groups excluding carboxylic acids is 1. The smallest absolute Gasteiger partial charge is 0.456 e. The highest BCUT2D eigenvalue weighted by molar-refractivity contribution is 5.75. The average Bonchev–Trinajstić information content (AvgIpc) is 2.14. The van der Waals surface area contributed by atoms with Crippen molar-refractivity contribution in [1.29, 1.82) is 0 Å². The lowest BCUT2D eigenvalue weighted by Crippen LogP contribution is -2.38. The second-order valence-corrected chi connectivity index (χ2v) is 2.83. The molecule has 0 spiro atoms. The van der Waals surface area contributed by atoms with Gasteiger partial charge in [-0.1, -0.05) is 0 Å². The number of carbonyl (C=O) groups is 1. The predicted octanol–water partition coefficient (Wildman–Crippen LogP) is 1.58. The van der Waals surface area contributed by atoms with Crippen LogP contribution in [0.15, 0.2) is 0 Å². The lowest BCUT2D eigenvalue weighted by Gasteiger charge is -2.19. The molecule has 0 rings (SSSR count). The minimum Gasteiger partial charge on any atom is -0.460 e. The van der Waals surface area contributed by atoms with E-state index in [-0.39, 0.29) is 13.2 Å². The van der Waals surface area contributed by atoms with Crippen LogP contribution in [0.25, 0.3) is 0 Å². The van der Waals surface area contributed by atoms with Gasteiger partial charge < -0.3 is 14.2 Å². The summed E-state index contributed by atoms with van der Waals surface area (Å²) in [7, 11) is 0. The Hall–Kier alpha value is -0.750. The zero-order valence-corrected chi connectivity index (χ0v) is 9.09. The van der Waals surface area contributed by atoms with Crippen LogP contribution >= 0.6 is 0 Å². The van der Waals surface area contributed by atoms with Gasteiger partial charge in [0.2, 0.25) is 0 Å². The Labute approximate surface area is 87.5 Å². The predicted molar refractivity (Wildman–Crippen MR) is 48.6 cm³/mol. The van der Waals surface area contributed by atoms with E-state index >= 15 is 0 Å². The van der Waals surface area contributed by atoms with Crippen LogP contribution in [0, 0.1) is 0 Å². The van der Waals surface area contributed by atoms with Crippen molar-refractivity contribution in [1.82, 2.24) is 0 Å². The zero-order chi connectivity index (χ0) is 11.9. The molecule has 0 aromatic carbocycles. The van der Waals surface area contributed by atoms with Gasteiger partial charge in [0.1, 0.15) is 0 Å². The fourth-order valence-electron chi connectivity index (χ4n) is 0.834. The van der Waals surface area contributed by atoms with Crippen molar-refractivity contribution in [3.63, 3.8) is 0 Å². The van der Waals surface area contributed by atoms with Gasteiger partial charge in [-0.2, -0.15) is 8.78 Å². The Bertz CT molecular complexity index is 197. The minimum absolute atomic E-state index is 0.00545. The highest BCUT2D eigenvalue weighted by Crippen LogP contribution is 2.19. The molecule has 0 heterocycles. The van der Waals surface area contributed by atoms with Crippen LogP contribution in [0.1, 0.15) is 20.8 Å². The number of hydrogen-bond donors (Lipinski definition) is 0. The SMILES string of the molecule is CCOCC(C)OC(F)(F)C(=O)OCC. The second kappa shape index (κ2) is 6.68. The summed E-state index contributed by atoms with van der Waals surface area (Å²) in [6.07, 6.45) is -4.78. The van der Waals surface area contributed by atoms with E-state index in [4.69, 9.17) is 4.74 Å². The quantitative estimate of drug-likeness (QED) is 0.618. The Morgan fingerprint density at radius 3 is 2.40 bits per heavy atom. The molecule has 0 radical (unpaired) electrons. The monoisotopic (exact) mass is 226 g/mol. The van der Waals surface area contributed by atoms with Crippen LogP contribution in [-0.4, -0.2) is 38.0 Å². The normalized spacial score (nSPS) is 13.7. The molecule has 0 aromatic heterocycles. The van der Waals surface area contributed by atoms with Crippen LogP contribution in [0.3, 0.4) is 0 Å². The maximum atomic E-state index is 12.9. The number of ether oxygens (including phenoxy) is 3. The van der Waals surface area contributed by atoms with E-state index in [2.05, 4.69) is 9.47 Å². The van der Waals surface area contributed by atoms with Gasteiger partial charge in [0.25, 0.3) is 0 Å². The molecule has 0 saturated carbocycles. The Morgan fingerprint density at radius 1 is 1.33 bits per heavy atom. The van der Waals surface area contributed by atoms with Crippen LogP contribution in [0.4, 0.5) is 8.78 Å². The summed E-state index contributed by atoms with van der Waals surface area (Å²) in [6, 6.07) is 0. The summed E-state index contributed by atoms with van der Waals surface area (Å²) in [4.78, 5) is 10.7. The first kappa shape index (κ1) is 14.2. The highest BCUT2D eigenvalue weighted by atomic mass is 19.3. The van der Waals surface area contributed by atoms with Crippen LogP contribution in [0.2, 0.25) is 0 Å². The average molecular weight is 226 g/mol. The molecule has 0 aromatic rings. The Balaban J connectivity index is 4.05. The molecule has 0 bridgehead atoms. The molecule has 1 unspecified atom stereocenters. The molecule has 0 N–H and O–H groups in total. The largest absolute Gasteiger partial charge is 0.460 e. The minimum atomic E-state index is -3.91. The summed E-state index contributed by atoms with van der Waals surface area (Å²) in [6.45, 7) is 4.86. The standard InChI is InChI=1S/C9H16F2O4/c1-4-13-6-7(3)15-9(10,11)8(12)14-5-2/h7H,4-6H2,1-3H3. The maximum Gasteiger partial charge on any atom is 0.456 e. The van der Waals surface area contributed by atoms with Crippen molar-refractivity contribution < 1.29 is 27.8 Å². The molecule has 15 heavy (non-hydrogen) atoms. The molecule has 0 aliphatic carbocycles. The van der Waals surface area contributed by atoms with Gasteiger partial charge in [0.15, 0.2) is 0 Å². The Morgan fingerprint density at radius 2 is 1.93 bits per heavy atom. The summed E-state index contributed by atoms with van der Waals surface area (Å²) in [5, 5.41) is 0. The fourth-order valence-corrected chi connectivity index (χ4v) is 0.834. The van der Waals surface area contributed by atoms with E-state index in [1.165, 1.54) is 13.8 Å². The molecule has 0 saturated heterocycles. The first-order valence-electron chi connectivity index (χ1n) is 4.74. The van der Waals surface area contributed by atoms with Gasteiger partial charge in [-0.15, -0.1) is 0 Å². The molecule has 0 amide bonds. The van der Waals surface area contributed by atoms with E-state index in [0.717, 1.165) is 0 Å². The van der Waals surface area contributed by atoms with Gasteiger partial charge in [-0.05, 0) is 20.8 Å². The van der Waals surface area contributed by atoms with E-state index in [1.807, 2.05) is 0 Å². The Kier molecular flexibility index (Phi) is 6.35. The topological polar surface area (TPSA) is 44.8 Å². The highest BCUT2D eigenvalue weighted by Gasteiger charge is 2.43. The van der Waals surface area contributed by atoms with Gasteiger partial charge in [-0.25, -0.2) is 4.79 Å². The molecule has 0 aliphatic heterocycles. The van der Waals surface area contributed by atoms with Crippen LogP contribution in [0.5, 0.6) is 0 Å². The number of alkyl halides is 2. The second-order valence-electron chi connectivity index (χ2n) is 2.83. The lowest BCUT2D eigenvalue weighted by molar-refractivity contribution is -0.268.